The molecule has 0 unspecified atom stereocenters. The van der Waals surface area contributed by atoms with Gasteiger partial charge in [0.15, 0.2) is 0 Å². The third-order valence-corrected chi connectivity index (χ3v) is 4.31. The van der Waals surface area contributed by atoms with Crippen LogP contribution in [-0.4, -0.2) is 30.3 Å². The number of nitrogens with zero attached hydrogens (tertiary/aromatic N) is 1. The number of H-pyrrole nitrogens is 1. The van der Waals surface area contributed by atoms with Crippen LogP contribution in [0.4, 0.5) is 0 Å². The van der Waals surface area contributed by atoms with Crippen molar-refractivity contribution in [2.24, 2.45) is 0 Å². The van der Waals surface area contributed by atoms with E-state index in [1.54, 1.807) is 7.11 Å². The SMILES string of the molecule is COC1(c2nc3c(c(=O)[nH]2)CCCC3)CCOCC1. The summed E-state index contributed by atoms with van der Waals surface area (Å²) in [7, 11) is 1.69. The Labute approximate surface area is 112 Å². The lowest BCUT2D eigenvalue weighted by molar-refractivity contribution is -0.100. The quantitative estimate of drug-likeness (QED) is 0.874. The Morgan fingerprint density at radius 3 is 2.74 bits per heavy atom. The molecule has 0 spiro atoms. The van der Waals surface area contributed by atoms with Gasteiger partial charge in [-0.15, -0.1) is 0 Å². The van der Waals surface area contributed by atoms with Crippen LogP contribution in [0.5, 0.6) is 0 Å². The molecule has 1 aromatic rings. The summed E-state index contributed by atoms with van der Waals surface area (Å²) >= 11 is 0. The van der Waals surface area contributed by atoms with Crippen molar-refractivity contribution in [3.05, 3.63) is 27.4 Å². The molecule has 2 heterocycles. The number of methoxy groups -OCH3 is 1. The highest BCUT2D eigenvalue weighted by Gasteiger charge is 2.37. The number of rotatable bonds is 2. The van der Waals surface area contributed by atoms with Crippen molar-refractivity contribution in [1.29, 1.82) is 0 Å². The van der Waals surface area contributed by atoms with Crippen LogP contribution in [0.1, 0.15) is 42.8 Å². The molecule has 1 N–H and O–H groups in total. The predicted octanol–water partition coefficient (Wildman–Crippen LogP) is 1.30. The van der Waals surface area contributed by atoms with Gasteiger partial charge in [-0.2, -0.15) is 0 Å². The van der Waals surface area contributed by atoms with Crippen molar-refractivity contribution >= 4 is 0 Å². The fraction of sp³-hybridized carbons (Fsp3) is 0.714. The van der Waals surface area contributed by atoms with Crippen LogP contribution in [0.15, 0.2) is 4.79 Å². The van der Waals surface area contributed by atoms with E-state index in [-0.39, 0.29) is 5.56 Å². The molecule has 1 fully saturated rings. The summed E-state index contributed by atoms with van der Waals surface area (Å²) in [5.74, 6) is 0.684. The van der Waals surface area contributed by atoms with E-state index in [0.717, 1.165) is 49.8 Å². The average Bonchev–Trinajstić information content (AvgIpc) is 2.48. The van der Waals surface area contributed by atoms with Gasteiger partial charge in [0.05, 0.1) is 5.69 Å². The van der Waals surface area contributed by atoms with Crippen LogP contribution >= 0.6 is 0 Å². The number of aryl methyl sites for hydroxylation is 1. The van der Waals surface area contributed by atoms with Gasteiger partial charge in [-0.25, -0.2) is 4.98 Å². The maximum atomic E-state index is 12.2. The fourth-order valence-corrected chi connectivity index (χ4v) is 3.06. The van der Waals surface area contributed by atoms with E-state index in [2.05, 4.69) is 4.98 Å². The topological polar surface area (TPSA) is 64.2 Å². The molecule has 2 aliphatic rings. The lowest BCUT2D eigenvalue weighted by Crippen LogP contribution is -2.39. The first-order valence-electron chi connectivity index (χ1n) is 7.01. The number of nitrogens with one attached hydrogen (secondary N) is 1. The van der Waals surface area contributed by atoms with Crippen molar-refractivity contribution in [3.63, 3.8) is 0 Å². The highest BCUT2D eigenvalue weighted by atomic mass is 16.5. The van der Waals surface area contributed by atoms with E-state index in [0.29, 0.717) is 19.0 Å². The predicted molar refractivity (Wildman–Crippen MR) is 70.2 cm³/mol. The van der Waals surface area contributed by atoms with E-state index in [9.17, 15) is 4.79 Å². The van der Waals surface area contributed by atoms with E-state index < -0.39 is 5.60 Å². The van der Waals surface area contributed by atoms with Gasteiger partial charge in [0.25, 0.3) is 5.56 Å². The Morgan fingerprint density at radius 2 is 2.00 bits per heavy atom. The van der Waals surface area contributed by atoms with Gasteiger partial charge in [0, 0.05) is 38.7 Å². The maximum Gasteiger partial charge on any atom is 0.254 e. The van der Waals surface area contributed by atoms with Crippen molar-refractivity contribution in [1.82, 2.24) is 9.97 Å². The van der Waals surface area contributed by atoms with Gasteiger partial charge in [0.2, 0.25) is 0 Å². The molecule has 1 aromatic heterocycles. The first-order chi connectivity index (χ1) is 9.25. The highest BCUT2D eigenvalue weighted by Crippen LogP contribution is 2.33. The molecule has 104 valence electrons. The lowest BCUT2D eigenvalue weighted by atomic mass is 9.91. The van der Waals surface area contributed by atoms with Crippen LogP contribution in [-0.2, 0) is 27.9 Å². The number of fused-ring (bicyclic) bond motifs is 1. The Hall–Kier alpha value is -1.20. The van der Waals surface area contributed by atoms with Gasteiger partial charge in [-0.1, -0.05) is 0 Å². The molecule has 0 atom stereocenters. The van der Waals surface area contributed by atoms with Gasteiger partial charge >= 0.3 is 0 Å². The summed E-state index contributed by atoms with van der Waals surface area (Å²) in [5, 5.41) is 0. The second-order valence-corrected chi connectivity index (χ2v) is 5.36. The van der Waals surface area contributed by atoms with E-state index in [1.165, 1.54) is 0 Å². The number of hydrogen-bond acceptors (Lipinski definition) is 4. The smallest absolute Gasteiger partial charge is 0.254 e. The zero-order valence-electron chi connectivity index (χ0n) is 11.3. The summed E-state index contributed by atoms with van der Waals surface area (Å²) in [6, 6.07) is 0. The molecule has 0 bridgehead atoms. The summed E-state index contributed by atoms with van der Waals surface area (Å²) in [5.41, 5.74) is 1.37. The van der Waals surface area contributed by atoms with Gasteiger partial charge in [0.1, 0.15) is 11.4 Å². The molecule has 1 saturated heterocycles. The summed E-state index contributed by atoms with van der Waals surface area (Å²) < 4.78 is 11.1. The molecule has 1 aliphatic carbocycles. The standard InChI is InChI=1S/C14H20N2O3/c1-18-14(6-8-19-9-7-14)13-15-11-5-3-2-4-10(11)12(17)16-13/h2-9H2,1H3,(H,15,16,17). The number of aromatic nitrogens is 2. The molecule has 0 aromatic carbocycles. The molecule has 1 aliphatic heterocycles. The minimum Gasteiger partial charge on any atom is -0.381 e. The Morgan fingerprint density at radius 1 is 1.26 bits per heavy atom. The summed E-state index contributed by atoms with van der Waals surface area (Å²) in [6.07, 6.45) is 5.44. The molecule has 0 amide bonds. The number of ether oxygens (including phenoxy) is 2. The second kappa shape index (κ2) is 5.06. The maximum absolute atomic E-state index is 12.2. The van der Waals surface area contributed by atoms with Crippen molar-refractivity contribution in [2.75, 3.05) is 20.3 Å². The van der Waals surface area contributed by atoms with Crippen molar-refractivity contribution < 1.29 is 9.47 Å². The van der Waals surface area contributed by atoms with Crippen LogP contribution < -0.4 is 5.56 Å². The lowest BCUT2D eigenvalue weighted by Gasteiger charge is -2.35. The van der Waals surface area contributed by atoms with Gasteiger partial charge < -0.3 is 14.5 Å². The average molecular weight is 264 g/mol. The Kier molecular flexibility index (Phi) is 3.41. The molecular formula is C14H20N2O3. The first kappa shape index (κ1) is 12.8. The third-order valence-electron chi connectivity index (χ3n) is 4.31. The normalized spacial score (nSPS) is 21.9. The molecule has 19 heavy (non-hydrogen) atoms. The van der Waals surface area contributed by atoms with Crippen molar-refractivity contribution in [2.45, 2.75) is 44.1 Å². The molecule has 3 rings (SSSR count). The van der Waals surface area contributed by atoms with Gasteiger partial charge in [-0.05, 0) is 25.7 Å². The van der Waals surface area contributed by atoms with Crippen molar-refractivity contribution in [3.8, 4) is 0 Å². The molecule has 0 radical (unpaired) electrons. The second-order valence-electron chi connectivity index (χ2n) is 5.36. The minimum atomic E-state index is -0.482. The largest absolute Gasteiger partial charge is 0.381 e. The summed E-state index contributed by atoms with van der Waals surface area (Å²) in [4.78, 5) is 19.9. The minimum absolute atomic E-state index is 0.0163. The molecule has 5 heteroatoms. The molecule has 0 saturated carbocycles. The Balaban J connectivity index is 2.04. The highest BCUT2D eigenvalue weighted by molar-refractivity contribution is 5.22. The fourth-order valence-electron chi connectivity index (χ4n) is 3.06. The molecule has 5 nitrogen and oxygen atoms in total. The van der Waals surface area contributed by atoms with E-state index in [1.807, 2.05) is 0 Å². The Bertz CT molecular complexity index is 518. The number of hydrogen-bond donors (Lipinski definition) is 1. The van der Waals surface area contributed by atoms with Gasteiger partial charge in [-0.3, -0.25) is 4.79 Å². The molecular weight excluding hydrogens is 244 g/mol. The monoisotopic (exact) mass is 264 g/mol. The third kappa shape index (κ3) is 2.21. The zero-order valence-corrected chi connectivity index (χ0v) is 11.3. The number of aromatic amines is 1. The van der Waals surface area contributed by atoms with E-state index >= 15 is 0 Å². The van der Waals surface area contributed by atoms with Crippen LogP contribution in [0.3, 0.4) is 0 Å². The van der Waals surface area contributed by atoms with Crippen LogP contribution in [0.2, 0.25) is 0 Å². The summed E-state index contributed by atoms with van der Waals surface area (Å²) in [6.45, 7) is 1.29. The van der Waals surface area contributed by atoms with E-state index in [4.69, 9.17) is 14.5 Å². The first-order valence-corrected chi connectivity index (χ1v) is 7.01. The zero-order chi connectivity index (χ0) is 13.3. The van der Waals surface area contributed by atoms with Crippen LogP contribution in [0, 0.1) is 0 Å². The van der Waals surface area contributed by atoms with Crippen LogP contribution in [0.25, 0.3) is 0 Å².